The van der Waals surface area contributed by atoms with Gasteiger partial charge in [0.1, 0.15) is 10.6 Å². The number of nitrogens with one attached hydrogen (secondary N) is 1. The summed E-state index contributed by atoms with van der Waals surface area (Å²) in [4.78, 5) is 14.3. The van der Waals surface area contributed by atoms with Gasteiger partial charge in [0.05, 0.1) is 23.2 Å². The molecule has 1 saturated carbocycles. The number of carbonyl (C=O) groups excluding carboxylic acids is 1. The predicted molar refractivity (Wildman–Crippen MR) is 104 cm³/mol. The van der Waals surface area contributed by atoms with Crippen LogP contribution in [0.1, 0.15) is 46.6 Å². The molecular weight excluding hydrogens is 365 g/mol. The van der Waals surface area contributed by atoms with Crippen molar-refractivity contribution in [3.05, 3.63) is 52.3 Å². The molecule has 2 N–H and O–H groups in total. The SMILES string of the molecule is Cc1nn(Cc2ccc(F)cc2)c2sc(C(=O)NC3CCC(O)CC3)cc12. The lowest BCUT2D eigenvalue weighted by atomic mass is 9.93. The molecule has 0 aliphatic heterocycles. The number of aromatic nitrogens is 2. The van der Waals surface area contributed by atoms with Gasteiger partial charge in [0.2, 0.25) is 0 Å². The zero-order valence-corrected chi connectivity index (χ0v) is 15.9. The van der Waals surface area contributed by atoms with E-state index in [1.807, 2.05) is 17.7 Å². The highest BCUT2D eigenvalue weighted by molar-refractivity contribution is 7.20. The number of hydrogen-bond donors (Lipinski definition) is 2. The largest absolute Gasteiger partial charge is 0.393 e. The lowest BCUT2D eigenvalue weighted by molar-refractivity contribution is 0.0871. The van der Waals surface area contributed by atoms with Crippen molar-refractivity contribution in [2.75, 3.05) is 0 Å². The smallest absolute Gasteiger partial charge is 0.261 e. The lowest BCUT2D eigenvalue weighted by Crippen LogP contribution is -2.38. The molecule has 1 aliphatic rings. The van der Waals surface area contributed by atoms with Crippen LogP contribution in [0.4, 0.5) is 4.39 Å². The highest BCUT2D eigenvalue weighted by Crippen LogP contribution is 2.29. The number of fused-ring (bicyclic) bond motifs is 1. The third-order valence-corrected chi connectivity index (χ3v) is 6.26. The van der Waals surface area contributed by atoms with E-state index in [0.717, 1.165) is 47.2 Å². The molecule has 27 heavy (non-hydrogen) atoms. The van der Waals surface area contributed by atoms with Gasteiger partial charge in [-0.1, -0.05) is 12.1 Å². The first kappa shape index (κ1) is 18.1. The van der Waals surface area contributed by atoms with E-state index in [0.29, 0.717) is 11.4 Å². The average Bonchev–Trinajstić information content (AvgIpc) is 3.21. The van der Waals surface area contributed by atoms with Crippen LogP contribution in [0.25, 0.3) is 10.2 Å². The second-order valence-corrected chi connectivity index (χ2v) is 8.21. The van der Waals surface area contributed by atoms with Gasteiger partial charge in [-0.2, -0.15) is 5.10 Å². The molecule has 0 spiro atoms. The molecule has 2 heterocycles. The first-order valence-corrected chi connectivity index (χ1v) is 10.0. The van der Waals surface area contributed by atoms with Gasteiger partial charge in [-0.15, -0.1) is 11.3 Å². The normalized spacial score (nSPS) is 20.1. The summed E-state index contributed by atoms with van der Waals surface area (Å²) in [5, 5.41) is 18.2. The maximum atomic E-state index is 13.1. The summed E-state index contributed by atoms with van der Waals surface area (Å²) in [6, 6.07) is 8.40. The van der Waals surface area contributed by atoms with E-state index in [4.69, 9.17) is 0 Å². The van der Waals surface area contributed by atoms with E-state index in [1.54, 1.807) is 12.1 Å². The minimum atomic E-state index is -0.258. The lowest BCUT2D eigenvalue weighted by Gasteiger charge is -2.25. The summed E-state index contributed by atoms with van der Waals surface area (Å²) >= 11 is 1.43. The van der Waals surface area contributed by atoms with E-state index in [1.165, 1.54) is 23.5 Å². The standard InChI is InChI=1S/C20H22FN3O2S/c1-12-17-10-18(19(26)22-15-6-8-16(25)9-7-15)27-20(17)24(23-12)11-13-2-4-14(21)5-3-13/h2-5,10,15-16,25H,6-9,11H2,1H3,(H,22,26). The molecule has 0 bridgehead atoms. The van der Waals surface area contributed by atoms with Gasteiger partial charge < -0.3 is 10.4 Å². The summed E-state index contributed by atoms with van der Waals surface area (Å²) in [5.41, 5.74) is 1.84. The molecular formula is C20H22FN3O2S. The van der Waals surface area contributed by atoms with Crippen LogP contribution in [0.15, 0.2) is 30.3 Å². The number of benzene rings is 1. The van der Waals surface area contributed by atoms with E-state index >= 15 is 0 Å². The van der Waals surface area contributed by atoms with Crippen LogP contribution in [0.2, 0.25) is 0 Å². The summed E-state index contributed by atoms with van der Waals surface area (Å²) in [7, 11) is 0. The Hall–Kier alpha value is -2.25. The molecule has 1 fully saturated rings. The molecule has 0 atom stereocenters. The molecule has 0 unspecified atom stereocenters. The number of aliphatic hydroxyl groups excluding tert-OH is 1. The van der Waals surface area contributed by atoms with Crippen LogP contribution in [0.3, 0.4) is 0 Å². The third-order valence-electron chi connectivity index (χ3n) is 5.11. The van der Waals surface area contributed by atoms with Crippen molar-refractivity contribution in [3.63, 3.8) is 0 Å². The first-order valence-electron chi connectivity index (χ1n) is 9.20. The Morgan fingerprint density at radius 3 is 2.70 bits per heavy atom. The number of nitrogens with zero attached hydrogens (tertiary/aromatic N) is 2. The van der Waals surface area contributed by atoms with Crippen LogP contribution in [-0.4, -0.2) is 32.9 Å². The number of hydrogen-bond acceptors (Lipinski definition) is 4. The van der Waals surface area contributed by atoms with Crippen LogP contribution in [-0.2, 0) is 6.54 Å². The Balaban J connectivity index is 1.53. The Morgan fingerprint density at radius 1 is 1.30 bits per heavy atom. The van der Waals surface area contributed by atoms with Crippen molar-refractivity contribution in [1.29, 1.82) is 0 Å². The molecule has 0 radical (unpaired) electrons. The molecule has 2 aromatic heterocycles. The van der Waals surface area contributed by atoms with Gasteiger partial charge in [0.25, 0.3) is 5.91 Å². The number of aliphatic hydroxyl groups is 1. The number of amides is 1. The average molecular weight is 387 g/mol. The zero-order chi connectivity index (χ0) is 19.0. The van der Waals surface area contributed by atoms with E-state index < -0.39 is 0 Å². The number of halogens is 1. The monoisotopic (exact) mass is 387 g/mol. The molecule has 1 aromatic carbocycles. The first-order chi connectivity index (χ1) is 13.0. The molecule has 4 rings (SSSR count). The quantitative estimate of drug-likeness (QED) is 0.718. The van der Waals surface area contributed by atoms with E-state index in [2.05, 4.69) is 10.4 Å². The van der Waals surface area contributed by atoms with Gasteiger partial charge >= 0.3 is 0 Å². The van der Waals surface area contributed by atoms with Crippen molar-refractivity contribution in [2.24, 2.45) is 0 Å². The van der Waals surface area contributed by atoms with Gasteiger partial charge in [-0.25, -0.2) is 4.39 Å². The van der Waals surface area contributed by atoms with Crippen LogP contribution < -0.4 is 5.32 Å². The van der Waals surface area contributed by atoms with Crippen molar-refractivity contribution in [1.82, 2.24) is 15.1 Å². The fourth-order valence-electron chi connectivity index (χ4n) is 3.57. The van der Waals surface area contributed by atoms with E-state index in [-0.39, 0.29) is 23.9 Å². The highest BCUT2D eigenvalue weighted by atomic mass is 32.1. The third kappa shape index (κ3) is 3.89. The van der Waals surface area contributed by atoms with Gasteiger partial charge in [0.15, 0.2) is 0 Å². The Bertz CT molecular complexity index is 956. The molecule has 1 aliphatic carbocycles. The van der Waals surface area contributed by atoms with Crippen LogP contribution in [0, 0.1) is 12.7 Å². The fraction of sp³-hybridized carbons (Fsp3) is 0.400. The van der Waals surface area contributed by atoms with Crippen molar-refractivity contribution in [2.45, 2.75) is 51.3 Å². The second-order valence-electron chi connectivity index (χ2n) is 7.18. The summed E-state index contributed by atoms with van der Waals surface area (Å²) in [6.45, 7) is 2.47. The molecule has 0 saturated heterocycles. The second kappa shape index (κ2) is 7.40. The fourth-order valence-corrected chi connectivity index (χ4v) is 4.64. The molecule has 7 heteroatoms. The number of carbonyl (C=O) groups is 1. The van der Waals surface area contributed by atoms with Crippen LogP contribution in [0.5, 0.6) is 0 Å². The molecule has 3 aromatic rings. The summed E-state index contributed by atoms with van der Waals surface area (Å²) < 4.78 is 15.0. The Labute approximate surface area is 160 Å². The van der Waals surface area contributed by atoms with Gasteiger partial charge in [0, 0.05) is 11.4 Å². The Kier molecular flexibility index (Phi) is 4.97. The van der Waals surface area contributed by atoms with Crippen molar-refractivity contribution in [3.8, 4) is 0 Å². The zero-order valence-electron chi connectivity index (χ0n) is 15.1. The van der Waals surface area contributed by atoms with Crippen molar-refractivity contribution >= 4 is 27.5 Å². The topological polar surface area (TPSA) is 67.2 Å². The minimum Gasteiger partial charge on any atom is -0.393 e. The number of thiophene rings is 1. The molecule has 5 nitrogen and oxygen atoms in total. The van der Waals surface area contributed by atoms with Gasteiger partial charge in [-0.3, -0.25) is 9.48 Å². The number of aryl methyl sites for hydroxylation is 1. The maximum Gasteiger partial charge on any atom is 0.261 e. The molecule has 142 valence electrons. The predicted octanol–water partition coefficient (Wildman–Crippen LogP) is 3.63. The molecule has 1 amide bonds. The van der Waals surface area contributed by atoms with E-state index in [9.17, 15) is 14.3 Å². The maximum absolute atomic E-state index is 13.1. The summed E-state index contributed by atoms with van der Waals surface area (Å²) in [5.74, 6) is -0.323. The van der Waals surface area contributed by atoms with Crippen LogP contribution >= 0.6 is 11.3 Å². The Morgan fingerprint density at radius 2 is 2.00 bits per heavy atom. The number of rotatable bonds is 4. The highest BCUT2D eigenvalue weighted by Gasteiger charge is 2.23. The summed E-state index contributed by atoms with van der Waals surface area (Å²) in [6.07, 6.45) is 2.87. The minimum absolute atomic E-state index is 0.0645. The van der Waals surface area contributed by atoms with Gasteiger partial charge in [-0.05, 0) is 56.4 Å². The van der Waals surface area contributed by atoms with Crippen molar-refractivity contribution < 1.29 is 14.3 Å².